The first-order chi connectivity index (χ1) is 10.2. The highest BCUT2D eigenvalue weighted by Crippen LogP contribution is 2.30. The largest absolute Gasteiger partial charge is 0.519 e. The summed E-state index contributed by atoms with van der Waals surface area (Å²) < 4.78 is 10.0. The lowest BCUT2D eigenvalue weighted by Gasteiger charge is -2.16. The molecule has 21 heavy (non-hydrogen) atoms. The van der Waals surface area contributed by atoms with Crippen LogP contribution in [0.5, 0.6) is 0 Å². The molecule has 1 heterocycles. The fourth-order valence-electron chi connectivity index (χ4n) is 2.37. The minimum atomic E-state index is -0.668. The molecule has 1 radical (unpaired) electrons. The Balaban J connectivity index is 2.01. The fraction of sp³-hybridized carbons (Fsp3) is 0.111. The lowest BCUT2D eigenvalue weighted by atomic mass is 9.87. The molecule has 0 saturated heterocycles. The van der Waals surface area contributed by atoms with Gasteiger partial charge in [0.1, 0.15) is 5.76 Å². The van der Waals surface area contributed by atoms with Crippen molar-refractivity contribution < 1.29 is 8.83 Å². The maximum Gasteiger partial charge on any atom is 0.519 e. The first-order valence-corrected chi connectivity index (χ1v) is 6.79. The van der Waals surface area contributed by atoms with Crippen molar-refractivity contribution >= 4 is 0 Å². The number of hydrogen-bond donors (Lipinski definition) is 0. The molecule has 0 spiro atoms. The molecule has 0 amide bonds. The lowest BCUT2D eigenvalue weighted by Crippen LogP contribution is -2.03. The Morgan fingerprint density at radius 1 is 0.857 bits per heavy atom. The molecule has 0 N–H and O–H groups in total. The van der Waals surface area contributed by atoms with E-state index in [0.29, 0.717) is 11.5 Å². The summed E-state index contributed by atoms with van der Waals surface area (Å²) in [6.45, 7) is 1.73. The third-order valence-corrected chi connectivity index (χ3v) is 3.41. The van der Waals surface area contributed by atoms with Gasteiger partial charge < -0.3 is 8.83 Å². The van der Waals surface area contributed by atoms with Crippen molar-refractivity contribution in [2.24, 2.45) is 0 Å². The highest BCUT2D eigenvalue weighted by molar-refractivity contribution is 5.38. The van der Waals surface area contributed by atoms with E-state index in [-0.39, 0.29) is 5.92 Å². The maximum atomic E-state index is 11.2. The second kappa shape index (κ2) is 5.83. The van der Waals surface area contributed by atoms with Gasteiger partial charge in [0, 0.05) is 12.3 Å². The summed E-state index contributed by atoms with van der Waals surface area (Å²) >= 11 is 0. The first kappa shape index (κ1) is 13.4. The van der Waals surface area contributed by atoms with Crippen LogP contribution in [0.4, 0.5) is 0 Å². The molecule has 0 aliphatic heterocycles. The molecule has 2 aromatic carbocycles. The Bertz CT molecular complexity index is 714. The second-order valence-electron chi connectivity index (χ2n) is 4.84. The van der Waals surface area contributed by atoms with Crippen LogP contribution in [0.25, 0.3) is 0 Å². The zero-order chi connectivity index (χ0) is 14.7. The SMILES string of the molecule is Cc1oc(=O)oc1[CH]C(c1ccccc1)c1ccccc1. The summed E-state index contributed by atoms with van der Waals surface area (Å²) in [5.41, 5.74) is 2.26. The number of rotatable bonds is 4. The molecule has 3 heteroatoms. The Morgan fingerprint density at radius 2 is 1.38 bits per heavy atom. The zero-order valence-corrected chi connectivity index (χ0v) is 11.7. The van der Waals surface area contributed by atoms with Crippen LogP contribution >= 0.6 is 0 Å². The summed E-state index contributed by atoms with van der Waals surface area (Å²) in [5, 5.41) is 0. The average Bonchev–Trinajstić information content (AvgIpc) is 2.84. The van der Waals surface area contributed by atoms with Crippen molar-refractivity contribution in [3.8, 4) is 0 Å². The van der Waals surface area contributed by atoms with Crippen LogP contribution in [0.1, 0.15) is 28.6 Å². The molecule has 0 aliphatic carbocycles. The van der Waals surface area contributed by atoms with Crippen LogP contribution in [0.2, 0.25) is 0 Å². The van der Waals surface area contributed by atoms with Gasteiger partial charge in [-0.05, 0) is 18.1 Å². The second-order valence-corrected chi connectivity index (χ2v) is 4.84. The Kier molecular flexibility index (Phi) is 3.73. The molecule has 0 unspecified atom stereocenters. The van der Waals surface area contributed by atoms with Gasteiger partial charge in [0.15, 0.2) is 5.76 Å². The molecule has 3 nitrogen and oxygen atoms in total. The van der Waals surface area contributed by atoms with Gasteiger partial charge in [-0.2, -0.15) is 0 Å². The van der Waals surface area contributed by atoms with Gasteiger partial charge in [-0.15, -0.1) is 0 Å². The predicted octanol–water partition coefficient (Wildman–Crippen LogP) is 3.93. The Morgan fingerprint density at radius 3 is 1.81 bits per heavy atom. The van der Waals surface area contributed by atoms with Gasteiger partial charge in [-0.3, -0.25) is 0 Å². The third kappa shape index (κ3) is 2.97. The molecule has 105 valence electrons. The summed E-state index contributed by atoms with van der Waals surface area (Å²) in [6, 6.07) is 20.2. The van der Waals surface area contributed by atoms with Crippen LogP contribution in [0, 0.1) is 13.3 Å². The normalized spacial score (nSPS) is 11.0. The van der Waals surface area contributed by atoms with Crippen molar-refractivity contribution in [3.05, 3.63) is 100 Å². The Labute approximate surface area is 122 Å². The van der Waals surface area contributed by atoms with E-state index in [2.05, 4.69) is 24.3 Å². The van der Waals surface area contributed by atoms with E-state index in [0.717, 1.165) is 11.1 Å². The molecular weight excluding hydrogens is 264 g/mol. The minimum absolute atomic E-state index is 0.00634. The van der Waals surface area contributed by atoms with Crippen molar-refractivity contribution in [1.82, 2.24) is 0 Å². The van der Waals surface area contributed by atoms with Gasteiger partial charge in [-0.1, -0.05) is 60.7 Å². The fourth-order valence-corrected chi connectivity index (χ4v) is 2.37. The van der Waals surface area contributed by atoms with Crippen LogP contribution in [0.3, 0.4) is 0 Å². The van der Waals surface area contributed by atoms with Crippen molar-refractivity contribution in [3.63, 3.8) is 0 Å². The van der Waals surface area contributed by atoms with Gasteiger partial charge in [0.2, 0.25) is 0 Å². The van der Waals surface area contributed by atoms with Gasteiger partial charge >= 0.3 is 5.82 Å². The topological polar surface area (TPSA) is 43.4 Å². The first-order valence-electron chi connectivity index (χ1n) is 6.79. The Hall–Kier alpha value is -2.55. The smallest absolute Gasteiger partial charge is 0.396 e. The summed E-state index contributed by atoms with van der Waals surface area (Å²) in [4.78, 5) is 11.2. The van der Waals surface area contributed by atoms with Crippen LogP contribution in [0.15, 0.2) is 74.3 Å². The summed E-state index contributed by atoms with van der Waals surface area (Å²) in [5.74, 6) is 0.319. The van der Waals surface area contributed by atoms with Crippen molar-refractivity contribution in [2.45, 2.75) is 12.8 Å². The van der Waals surface area contributed by atoms with Gasteiger partial charge in [0.25, 0.3) is 0 Å². The highest BCUT2D eigenvalue weighted by atomic mass is 16.6. The zero-order valence-electron chi connectivity index (χ0n) is 11.7. The number of aryl methyl sites for hydroxylation is 1. The van der Waals surface area contributed by atoms with E-state index in [9.17, 15) is 4.79 Å². The lowest BCUT2D eigenvalue weighted by molar-refractivity contribution is 0.373. The molecule has 0 atom stereocenters. The quantitative estimate of drug-likeness (QED) is 0.727. The van der Waals surface area contributed by atoms with E-state index in [1.54, 1.807) is 6.92 Å². The predicted molar refractivity (Wildman–Crippen MR) is 80.1 cm³/mol. The van der Waals surface area contributed by atoms with Crippen molar-refractivity contribution in [1.29, 1.82) is 0 Å². The number of hydrogen-bond acceptors (Lipinski definition) is 3. The van der Waals surface area contributed by atoms with E-state index < -0.39 is 5.82 Å². The minimum Gasteiger partial charge on any atom is -0.396 e. The molecule has 0 fully saturated rings. The summed E-state index contributed by atoms with van der Waals surface area (Å²) in [7, 11) is 0. The molecule has 0 saturated carbocycles. The van der Waals surface area contributed by atoms with Crippen LogP contribution in [-0.2, 0) is 0 Å². The molecule has 1 aromatic heterocycles. The van der Waals surface area contributed by atoms with E-state index in [4.69, 9.17) is 8.83 Å². The average molecular weight is 279 g/mol. The third-order valence-electron chi connectivity index (χ3n) is 3.41. The van der Waals surface area contributed by atoms with Crippen LogP contribution in [-0.4, -0.2) is 0 Å². The number of benzene rings is 2. The van der Waals surface area contributed by atoms with Crippen LogP contribution < -0.4 is 5.82 Å². The molecule has 3 aromatic rings. The summed E-state index contributed by atoms with van der Waals surface area (Å²) in [6.07, 6.45) is 1.92. The monoisotopic (exact) mass is 279 g/mol. The van der Waals surface area contributed by atoms with E-state index in [1.165, 1.54) is 0 Å². The molecule has 0 aliphatic rings. The van der Waals surface area contributed by atoms with Gasteiger partial charge in [-0.25, -0.2) is 4.79 Å². The molecule has 0 bridgehead atoms. The van der Waals surface area contributed by atoms with E-state index >= 15 is 0 Å². The standard InChI is InChI=1S/C18H15O3/c1-13-17(21-18(19)20-13)12-16(14-8-4-2-5-9-14)15-10-6-3-7-11-15/h2-12,16H,1H3. The molecular formula is C18H15O3. The van der Waals surface area contributed by atoms with Crippen molar-refractivity contribution in [2.75, 3.05) is 0 Å². The van der Waals surface area contributed by atoms with Gasteiger partial charge in [0.05, 0.1) is 0 Å². The maximum absolute atomic E-state index is 11.2. The highest BCUT2D eigenvalue weighted by Gasteiger charge is 2.19. The molecule has 3 rings (SSSR count). The van der Waals surface area contributed by atoms with E-state index in [1.807, 2.05) is 42.8 Å².